The average molecular weight is 261 g/mol. The molecule has 2 atom stereocenters. The van der Waals surface area contributed by atoms with Gasteiger partial charge in [0.2, 0.25) is 5.91 Å². The molecule has 1 aromatic carbocycles. The number of hydrogen-bond acceptors (Lipinski definition) is 3. The molecule has 0 spiro atoms. The highest BCUT2D eigenvalue weighted by molar-refractivity contribution is 5.96. The molecule has 0 saturated heterocycles. The van der Waals surface area contributed by atoms with E-state index in [1.807, 2.05) is 0 Å². The monoisotopic (exact) mass is 261 g/mol. The smallest absolute Gasteiger partial charge is 0.251 e. The van der Waals surface area contributed by atoms with E-state index in [0.29, 0.717) is 23.2 Å². The number of carbonyl (C=O) groups is 2. The van der Waals surface area contributed by atoms with Gasteiger partial charge in [-0.15, -0.1) is 0 Å². The lowest BCUT2D eigenvalue weighted by atomic mass is 10.2. The van der Waals surface area contributed by atoms with Gasteiger partial charge in [0.1, 0.15) is 0 Å². The molecule has 0 heterocycles. The van der Waals surface area contributed by atoms with Crippen LogP contribution in [-0.2, 0) is 4.79 Å². The Morgan fingerprint density at radius 3 is 2.58 bits per heavy atom. The Kier molecular flexibility index (Phi) is 4.04. The van der Waals surface area contributed by atoms with Crippen LogP contribution < -0.4 is 16.4 Å². The van der Waals surface area contributed by atoms with Gasteiger partial charge in [-0.05, 0) is 36.6 Å². The van der Waals surface area contributed by atoms with Gasteiger partial charge in [0, 0.05) is 17.3 Å². The van der Waals surface area contributed by atoms with E-state index in [0.717, 1.165) is 12.8 Å². The van der Waals surface area contributed by atoms with Crippen LogP contribution in [0, 0.1) is 5.92 Å². The van der Waals surface area contributed by atoms with E-state index in [4.69, 9.17) is 5.73 Å². The number of nitrogens with one attached hydrogen (secondary N) is 2. The molecule has 1 aliphatic carbocycles. The maximum Gasteiger partial charge on any atom is 0.251 e. The second kappa shape index (κ2) is 5.73. The van der Waals surface area contributed by atoms with Gasteiger partial charge in [-0.3, -0.25) is 9.59 Å². The summed E-state index contributed by atoms with van der Waals surface area (Å²) in [5.41, 5.74) is 6.65. The van der Waals surface area contributed by atoms with Crippen molar-refractivity contribution in [1.29, 1.82) is 0 Å². The third kappa shape index (κ3) is 3.71. The van der Waals surface area contributed by atoms with Gasteiger partial charge in [-0.25, -0.2) is 0 Å². The first kappa shape index (κ1) is 13.4. The SMILES string of the molecule is CCC1CC1NC(=O)CNC(=O)c1ccc(N)cc1. The molecule has 2 unspecified atom stereocenters. The maximum atomic E-state index is 11.8. The molecule has 2 amide bonds. The summed E-state index contributed by atoms with van der Waals surface area (Å²) in [5, 5.41) is 5.49. The molecule has 4 N–H and O–H groups in total. The highest BCUT2D eigenvalue weighted by Crippen LogP contribution is 2.32. The minimum absolute atomic E-state index is 0.0101. The molecule has 1 aliphatic rings. The molecule has 19 heavy (non-hydrogen) atoms. The maximum absolute atomic E-state index is 11.8. The fraction of sp³-hybridized carbons (Fsp3) is 0.429. The van der Waals surface area contributed by atoms with E-state index in [-0.39, 0.29) is 18.4 Å². The Bertz CT molecular complexity index is 470. The second-order valence-corrected chi connectivity index (χ2v) is 4.88. The predicted octanol–water partition coefficient (Wildman–Crippen LogP) is 0.913. The summed E-state index contributed by atoms with van der Waals surface area (Å²) in [4.78, 5) is 23.3. The van der Waals surface area contributed by atoms with Gasteiger partial charge in [-0.2, -0.15) is 0 Å². The van der Waals surface area contributed by atoms with Crippen LogP contribution in [0.15, 0.2) is 24.3 Å². The zero-order chi connectivity index (χ0) is 13.8. The van der Waals surface area contributed by atoms with E-state index in [1.165, 1.54) is 0 Å². The first-order chi connectivity index (χ1) is 9.10. The Balaban J connectivity index is 1.74. The molecule has 1 saturated carbocycles. The molecule has 1 aromatic rings. The Morgan fingerprint density at radius 1 is 1.32 bits per heavy atom. The number of nitrogens with two attached hydrogens (primary N) is 1. The average Bonchev–Trinajstić information content (AvgIpc) is 3.15. The summed E-state index contributed by atoms with van der Waals surface area (Å²) in [6.45, 7) is 2.12. The van der Waals surface area contributed by atoms with Gasteiger partial charge in [0.15, 0.2) is 0 Å². The normalized spacial score (nSPS) is 20.7. The molecule has 1 fully saturated rings. The molecule has 5 nitrogen and oxygen atoms in total. The van der Waals surface area contributed by atoms with Crippen LogP contribution in [0.25, 0.3) is 0 Å². The second-order valence-electron chi connectivity index (χ2n) is 4.88. The molecule has 0 aliphatic heterocycles. The number of benzene rings is 1. The largest absolute Gasteiger partial charge is 0.399 e. The fourth-order valence-corrected chi connectivity index (χ4v) is 2.03. The highest BCUT2D eigenvalue weighted by atomic mass is 16.2. The summed E-state index contributed by atoms with van der Waals surface area (Å²) in [6.07, 6.45) is 2.14. The zero-order valence-electron chi connectivity index (χ0n) is 11.0. The lowest BCUT2D eigenvalue weighted by Gasteiger charge is -2.06. The summed E-state index contributed by atoms with van der Waals surface area (Å²) in [7, 11) is 0. The van der Waals surface area contributed by atoms with Gasteiger partial charge in [0.05, 0.1) is 6.54 Å². The van der Waals surface area contributed by atoms with Crippen molar-refractivity contribution < 1.29 is 9.59 Å². The van der Waals surface area contributed by atoms with E-state index in [2.05, 4.69) is 17.6 Å². The van der Waals surface area contributed by atoms with Crippen molar-refractivity contribution in [1.82, 2.24) is 10.6 Å². The third-order valence-corrected chi connectivity index (χ3v) is 3.38. The number of amides is 2. The Labute approximate surface area is 112 Å². The Morgan fingerprint density at radius 2 is 2.00 bits per heavy atom. The van der Waals surface area contributed by atoms with Gasteiger partial charge >= 0.3 is 0 Å². The molecule has 2 rings (SSSR count). The van der Waals surface area contributed by atoms with Crippen LogP contribution in [0.1, 0.15) is 30.1 Å². The van der Waals surface area contributed by atoms with Crippen molar-refractivity contribution in [3.8, 4) is 0 Å². The van der Waals surface area contributed by atoms with Crippen LogP contribution in [0.3, 0.4) is 0 Å². The summed E-state index contributed by atoms with van der Waals surface area (Å²) in [6, 6.07) is 6.88. The fourth-order valence-electron chi connectivity index (χ4n) is 2.03. The number of carbonyl (C=O) groups excluding carboxylic acids is 2. The molecule has 5 heteroatoms. The van der Waals surface area contributed by atoms with E-state index < -0.39 is 0 Å². The van der Waals surface area contributed by atoms with E-state index in [1.54, 1.807) is 24.3 Å². The number of hydrogen-bond donors (Lipinski definition) is 3. The summed E-state index contributed by atoms with van der Waals surface area (Å²) >= 11 is 0. The quantitative estimate of drug-likeness (QED) is 0.689. The lowest BCUT2D eigenvalue weighted by Crippen LogP contribution is -2.38. The molecule has 0 radical (unpaired) electrons. The van der Waals surface area contributed by atoms with E-state index in [9.17, 15) is 9.59 Å². The molecule has 0 bridgehead atoms. The minimum atomic E-state index is -0.266. The van der Waals surface area contributed by atoms with E-state index >= 15 is 0 Å². The first-order valence-electron chi connectivity index (χ1n) is 6.53. The number of anilines is 1. The zero-order valence-corrected chi connectivity index (χ0v) is 11.0. The van der Waals surface area contributed by atoms with Crippen molar-refractivity contribution in [3.63, 3.8) is 0 Å². The minimum Gasteiger partial charge on any atom is -0.399 e. The van der Waals surface area contributed by atoms with Gasteiger partial charge in [0.25, 0.3) is 5.91 Å². The van der Waals surface area contributed by atoms with Crippen LogP contribution in [0.4, 0.5) is 5.69 Å². The van der Waals surface area contributed by atoms with Gasteiger partial charge < -0.3 is 16.4 Å². The topological polar surface area (TPSA) is 84.2 Å². The van der Waals surface area contributed by atoms with Gasteiger partial charge in [-0.1, -0.05) is 13.3 Å². The lowest BCUT2D eigenvalue weighted by molar-refractivity contribution is -0.120. The molecule has 102 valence electrons. The van der Waals surface area contributed by atoms with Crippen molar-refractivity contribution in [2.45, 2.75) is 25.8 Å². The Hall–Kier alpha value is -2.04. The molecular weight excluding hydrogens is 242 g/mol. The highest BCUT2D eigenvalue weighted by Gasteiger charge is 2.36. The van der Waals surface area contributed by atoms with Crippen molar-refractivity contribution in [2.75, 3.05) is 12.3 Å². The molecular formula is C14H19N3O2. The number of nitrogen functional groups attached to an aromatic ring is 1. The van der Waals surface area contributed by atoms with Crippen LogP contribution >= 0.6 is 0 Å². The predicted molar refractivity (Wildman–Crippen MR) is 73.5 cm³/mol. The first-order valence-corrected chi connectivity index (χ1v) is 6.53. The van der Waals surface area contributed by atoms with Crippen LogP contribution in [0.5, 0.6) is 0 Å². The summed E-state index contributed by atoms with van der Waals surface area (Å²) in [5.74, 6) is 0.208. The van der Waals surface area contributed by atoms with Crippen molar-refractivity contribution in [3.05, 3.63) is 29.8 Å². The third-order valence-electron chi connectivity index (χ3n) is 3.38. The summed E-state index contributed by atoms with van der Waals surface area (Å²) < 4.78 is 0. The van der Waals surface area contributed by atoms with Crippen molar-refractivity contribution >= 4 is 17.5 Å². The molecule has 0 aromatic heterocycles. The number of rotatable bonds is 5. The van der Waals surface area contributed by atoms with Crippen molar-refractivity contribution in [2.24, 2.45) is 5.92 Å². The van der Waals surface area contributed by atoms with Crippen LogP contribution in [0.2, 0.25) is 0 Å². The standard InChI is InChI=1S/C14H19N3O2/c1-2-9-7-12(9)17-13(18)8-16-14(19)10-3-5-11(15)6-4-10/h3-6,9,12H,2,7-8,15H2,1H3,(H,16,19)(H,17,18). The van der Waals surface area contributed by atoms with Crippen LogP contribution in [-0.4, -0.2) is 24.4 Å².